The fourth-order valence-corrected chi connectivity index (χ4v) is 6.17. The van der Waals surface area contributed by atoms with Crippen molar-refractivity contribution in [2.75, 3.05) is 0 Å². The molecular weight excluding hydrogens is 611 g/mol. The summed E-state index contributed by atoms with van der Waals surface area (Å²) in [4.78, 5) is 0. The zero-order valence-electron chi connectivity index (χ0n) is 27.5. The molecule has 1 aliphatic carbocycles. The van der Waals surface area contributed by atoms with E-state index in [-0.39, 0.29) is 24.8 Å². The summed E-state index contributed by atoms with van der Waals surface area (Å²) in [6, 6.07) is 25.4. The van der Waals surface area contributed by atoms with E-state index in [1.807, 2.05) is 12.2 Å². The van der Waals surface area contributed by atoms with Gasteiger partial charge in [-0.2, -0.15) is 6.08 Å². The third-order valence-electron chi connectivity index (χ3n) is 8.08. The minimum absolute atomic E-state index is 0. The van der Waals surface area contributed by atoms with Gasteiger partial charge in [-0.15, -0.1) is 46.2 Å². The smallest absolute Gasteiger partial charge is 0.0138 e. The first kappa shape index (κ1) is 37.6. The normalized spacial score (nSPS) is 11.3. The van der Waals surface area contributed by atoms with E-state index in [4.69, 9.17) is 0 Å². The van der Waals surface area contributed by atoms with Crippen LogP contribution in [0.15, 0.2) is 85.0 Å². The Morgan fingerprint density at radius 3 is 1.34 bits per heavy atom. The van der Waals surface area contributed by atoms with Gasteiger partial charge in [0.25, 0.3) is 0 Å². The molecule has 0 atom stereocenters. The van der Waals surface area contributed by atoms with Crippen molar-refractivity contribution in [1.82, 2.24) is 0 Å². The van der Waals surface area contributed by atoms with Crippen LogP contribution in [0.5, 0.6) is 0 Å². The van der Waals surface area contributed by atoms with Gasteiger partial charge in [0, 0.05) is 0 Å². The molecule has 0 radical (unpaired) electrons. The first-order chi connectivity index (χ1) is 20.1. The number of hydrogen-bond acceptors (Lipinski definition) is 0. The number of halogens is 2. The van der Waals surface area contributed by atoms with Crippen LogP contribution in [0, 0.1) is 47.6 Å². The molecule has 3 heteroatoms. The predicted octanol–water partition coefficient (Wildman–Crippen LogP) is 5.74. The van der Waals surface area contributed by atoms with Crippen LogP contribution < -0.4 is 24.8 Å². The summed E-state index contributed by atoms with van der Waals surface area (Å²) in [6.45, 7) is 17.6. The van der Waals surface area contributed by atoms with Crippen LogP contribution in [-0.4, -0.2) is 3.81 Å². The van der Waals surface area contributed by atoms with Gasteiger partial charge in [0.2, 0.25) is 0 Å². The van der Waals surface area contributed by atoms with Gasteiger partial charge in [0.15, 0.2) is 0 Å². The third-order valence-corrected chi connectivity index (χ3v) is 9.18. The van der Waals surface area contributed by atoms with Crippen molar-refractivity contribution < 1.29 is 44.8 Å². The molecule has 0 unspecified atom stereocenters. The average molecular weight is 656 g/mol. The topological polar surface area (TPSA) is 0 Å². The van der Waals surface area contributed by atoms with E-state index in [1.165, 1.54) is 90.0 Å². The van der Waals surface area contributed by atoms with Crippen LogP contribution in [0.4, 0.5) is 0 Å². The minimum Gasteiger partial charge on any atom is -1.00 e. The van der Waals surface area contributed by atoms with E-state index >= 15 is 0 Å². The first-order valence-corrected chi connectivity index (χ1v) is 16.0. The summed E-state index contributed by atoms with van der Waals surface area (Å²) in [7, 11) is 0. The summed E-state index contributed by atoms with van der Waals surface area (Å²) >= 11 is 2.19. The molecule has 0 nitrogen and oxygen atoms in total. The minimum atomic E-state index is 0. The zero-order chi connectivity index (χ0) is 30.4. The fourth-order valence-electron chi connectivity index (χ4n) is 6.17. The largest absolute Gasteiger partial charge is 1.00 e. The van der Waals surface area contributed by atoms with E-state index in [0.29, 0.717) is 0 Å². The summed E-state index contributed by atoms with van der Waals surface area (Å²) in [5.74, 6) is 0. The molecule has 1 aliphatic rings. The number of aryl methyl sites for hydroxylation is 6. The van der Waals surface area contributed by atoms with Crippen LogP contribution >= 0.6 is 0 Å². The molecule has 0 heterocycles. The van der Waals surface area contributed by atoms with E-state index in [0.717, 1.165) is 6.42 Å². The molecule has 0 aliphatic heterocycles. The van der Waals surface area contributed by atoms with Gasteiger partial charge in [-0.1, -0.05) is 59.7 Å². The molecule has 228 valence electrons. The Hall–Kier alpha value is -2.61. The maximum atomic E-state index is 2.99. The summed E-state index contributed by atoms with van der Waals surface area (Å²) < 4.78 is 1.59. The first-order valence-electron chi connectivity index (χ1n) is 15.2. The van der Waals surface area contributed by atoms with E-state index in [1.54, 1.807) is 3.81 Å². The van der Waals surface area contributed by atoms with Gasteiger partial charge >= 0.3 is 50.5 Å². The maximum absolute atomic E-state index is 2.99. The predicted molar refractivity (Wildman–Crippen MR) is 183 cm³/mol. The van der Waals surface area contributed by atoms with Crippen molar-refractivity contribution in [1.29, 1.82) is 0 Å². The molecule has 0 aromatic heterocycles. The molecule has 0 spiro atoms. The second-order valence-electron chi connectivity index (χ2n) is 11.6. The number of benzene rings is 4. The molecular formula is C41H44Cl2Ti-2. The van der Waals surface area contributed by atoms with Crippen molar-refractivity contribution in [2.45, 2.75) is 74.7 Å². The van der Waals surface area contributed by atoms with Gasteiger partial charge in [-0.05, 0) is 86.1 Å². The summed E-state index contributed by atoms with van der Waals surface area (Å²) in [5, 5.41) is 5.32. The number of fused-ring (bicyclic) bond motifs is 3. The van der Waals surface area contributed by atoms with Gasteiger partial charge in [0.05, 0.1) is 0 Å². The number of rotatable bonds is 4. The molecule has 0 amide bonds. The molecule has 0 N–H and O–H groups in total. The Labute approximate surface area is 289 Å². The van der Waals surface area contributed by atoms with E-state index in [2.05, 4.69) is 154 Å². The molecule has 5 aromatic rings. The number of hydrogen-bond donors (Lipinski definition) is 0. The maximum Gasteiger partial charge on any atom is -0.0138 e. The summed E-state index contributed by atoms with van der Waals surface area (Å²) in [6.07, 6.45) is 12.5. The Kier molecular flexibility index (Phi) is 14.7. The Morgan fingerprint density at radius 1 is 0.659 bits per heavy atom. The van der Waals surface area contributed by atoms with Gasteiger partial charge in [0.1, 0.15) is 0 Å². The van der Waals surface area contributed by atoms with Crippen molar-refractivity contribution in [3.8, 4) is 22.3 Å². The van der Waals surface area contributed by atoms with Crippen molar-refractivity contribution in [3.63, 3.8) is 0 Å². The van der Waals surface area contributed by atoms with Crippen LogP contribution in [0.25, 0.3) is 43.8 Å². The number of allylic oxidation sites excluding steroid dienone is 4. The second-order valence-corrected chi connectivity index (χ2v) is 12.7. The Balaban J connectivity index is 0.000000443. The Bertz CT molecular complexity index is 1630. The molecule has 6 rings (SSSR count). The fraction of sp³-hybridized carbons (Fsp3) is 0.268. The van der Waals surface area contributed by atoms with Crippen molar-refractivity contribution in [2.24, 2.45) is 0 Å². The van der Waals surface area contributed by atoms with Gasteiger partial charge in [-0.25, -0.2) is 12.2 Å². The van der Waals surface area contributed by atoms with Crippen LogP contribution in [0.1, 0.15) is 66.5 Å². The third kappa shape index (κ3) is 8.98. The van der Waals surface area contributed by atoms with E-state index < -0.39 is 0 Å². The van der Waals surface area contributed by atoms with Crippen LogP contribution in [-0.2, 0) is 20.0 Å². The van der Waals surface area contributed by atoms with Crippen LogP contribution in [0.3, 0.4) is 0 Å². The molecule has 0 saturated heterocycles. The van der Waals surface area contributed by atoms with Crippen molar-refractivity contribution in [3.05, 3.63) is 124 Å². The molecule has 44 heavy (non-hydrogen) atoms. The SMILES string of the molecule is CC[C](=[Ti+2])CC.Cc1cc(C)c(-c2ccc3[cH-]c4ccc(-c5c(C)cc(C)cc5C)cc4c3c2)c(C)c1.[C-]1=CC=CC1.[Cl-].[Cl-]. The summed E-state index contributed by atoms with van der Waals surface area (Å²) in [5.41, 5.74) is 13.4. The Morgan fingerprint density at radius 2 is 1.07 bits per heavy atom. The van der Waals surface area contributed by atoms with Gasteiger partial charge < -0.3 is 24.8 Å². The van der Waals surface area contributed by atoms with Gasteiger partial charge in [-0.3, -0.25) is 6.08 Å². The zero-order valence-corrected chi connectivity index (χ0v) is 30.5. The molecule has 0 bridgehead atoms. The average Bonchev–Trinajstić information content (AvgIpc) is 3.64. The monoisotopic (exact) mass is 654 g/mol. The van der Waals surface area contributed by atoms with Crippen LogP contribution in [0.2, 0.25) is 0 Å². The standard InChI is InChI=1S/C31H29.C5H5.C5H10.2ClH.Ti/c1-18-11-20(3)30(21(4)12-18)26-9-7-24-15-25-8-10-27(17-29(25)28(24)16-26)31-22(5)13-19(2)14-23(31)6;1-2-4-5-3-1;1-3-5-4-2;;;/h7-17H,1-6H3;1-3H,4H2;3-4H2,1-2H3;2*1H;/q2*-1;;;;+2/p-2. The molecule has 5 aromatic carbocycles. The van der Waals surface area contributed by atoms with E-state index in [9.17, 15) is 0 Å². The molecule has 0 saturated carbocycles. The second kappa shape index (κ2) is 17.2. The molecule has 0 fully saturated rings. The van der Waals surface area contributed by atoms with Crippen molar-refractivity contribution >= 4 is 25.4 Å². The quantitative estimate of drug-likeness (QED) is 0.171.